The van der Waals surface area contributed by atoms with Crippen LogP contribution >= 0.6 is 22.7 Å². The molecule has 0 fully saturated rings. The van der Waals surface area contributed by atoms with Crippen molar-refractivity contribution < 1.29 is 4.79 Å². The summed E-state index contributed by atoms with van der Waals surface area (Å²) in [6.07, 6.45) is 0. The third-order valence-electron chi connectivity index (χ3n) is 3.90. The zero-order chi connectivity index (χ0) is 18.6. The number of hydrogen-bond acceptors (Lipinski definition) is 7. The summed E-state index contributed by atoms with van der Waals surface area (Å²) in [4.78, 5) is 17.0. The standard InChI is InChI=1S/C19H15N5OS2/c1-12-7-8-14(17(25)23-19-24-20-11-27-19)9-15(12)21-18-22-16(10-26-18)13-5-3-2-4-6-13/h2-11H,1H3,(H,21,22)(H,23,24,25). The van der Waals surface area contributed by atoms with Gasteiger partial charge in [0.2, 0.25) is 5.13 Å². The molecule has 4 aromatic rings. The Labute approximate surface area is 164 Å². The molecule has 0 unspecified atom stereocenters. The SMILES string of the molecule is Cc1ccc(C(=O)Nc2nncs2)cc1Nc1nc(-c2ccccc2)cs1. The zero-order valence-corrected chi connectivity index (χ0v) is 16.0. The van der Waals surface area contributed by atoms with E-state index in [2.05, 4.69) is 25.8 Å². The van der Waals surface area contributed by atoms with Gasteiger partial charge in [-0.2, -0.15) is 0 Å². The van der Waals surface area contributed by atoms with Crippen LogP contribution in [0.15, 0.2) is 59.4 Å². The van der Waals surface area contributed by atoms with Crippen molar-refractivity contribution in [1.82, 2.24) is 15.2 Å². The molecule has 2 heterocycles. The smallest absolute Gasteiger partial charge is 0.257 e. The Kier molecular flexibility index (Phi) is 4.91. The van der Waals surface area contributed by atoms with Crippen LogP contribution in [-0.2, 0) is 0 Å². The van der Waals surface area contributed by atoms with Gasteiger partial charge in [-0.15, -0.1) is 21.5 Å². The first-order valence-corrected chi connectivity index (χ1v) is 9.91. The molecule has 0 radical (unpaired) electrons. The highest BCUT2D eigenvalue weighted by atomic mass is 32.1. The van der Waals surface area contributed by atoms with Crippen molar-refractivity contribution in [3.63, 3.8) is 0 Å². The van der Waals surface area contributed by atoms with Crippen molar-refractivity contribution in [2.24, 2.45) is 0 Å². The van der Waals surface area contributed by atoms with Crippen molar-refractivity contribution in [2.45, 2.75) is 6.92 Å². The summed E-state index contributed by atoms with van der Waals surface area (Å²) >= 11 is 2.81. The predicted molar refractivity (Wildman–Crippen MR) is 110 cm³/mol. The normalized spacial score (nSPS) is 10.6. The van der Waals surface area contributed by atoms with Gasteiger partial charge in [0.05, 0.1) is 5.69 Å². The third kappa shape index (κ3) is 4.02. The Balaban J connectivity index is 1.54. The van der Waals surface area contributed by atoms with Crippen LogP contribution in [0.2, 0.25) is 0 Å². The Morgan fingerprint density at radius 3 is 2.67 bits per heavy atom. The maximum atomic E-state index is 12.4. The van der Waals surface area contributed by atoms with E-state index < -0.39 is 0 Å². The van der Waals surface area contributed by atoms with Gasteiger partial charge >= 0.3 is 0 Å². The van der Waals surface area contributed by atoms with Gasteiger partial charge in [-0.3, -0.25) is 10.1 Å². The molecule has 0 aliphatic rings. The van der Waals surface area contributed by atoms with E-state index in [1.54, 1.807) is 11.6 Å². The van der Waals surface area contributed by atoms with Crippen molar-refractivity contribution in [3.05, 3.63) is 70.5 Å². The molecule has 0 aliphatic carbocycles. The van der Waals surface area contributed by atoms with Gasteiger partial charge in [0.1, 0.15) is 5.51 Å². The van der Waals surface area contributed by atoms with E-state index in [0.717, 1.165) is 27.6 Å². The molecule has 2 N–H and O–H groups in total. The first kappa shape index (κ1) is 17.3. The lowest BCUT2D eigenvalue weighted by Gasteiger charge is -2.09. The number of nitrogens with one attached hydrogen (secondary N) is 2. The summed E-state index contributed by atoms with van der Waals surface area (Å²) in [6.45, 7) is 1.99. The lowest BCUT2D eigenvalue weighted by molar-refractivity contribution is 0.102. The molecular weight excluding hydrogens is 378 g/mol. The van der Waals surface area contributed by atoms with Crippen molar-refractivity contribution in [1.29, 1.82) is 0 Å². The fourth-order valence-electron chi connectivity index (χ4n) is 2.48. The maximum absolute atomic E-state index is 12.4. The summed E-state index contributed by atoms with van der Waals surface area (Å²) in [5.41, 5.74) is 5.98. The fraction of sp³-hybridized carbons (Fsp3) is 0.0526. The number of nitrogens with zero attached hydrogens (tertiary/aromatic N) is 3. The number of aromatic nitrogens is 3. The number of aryl methyl sites for hydroxylation is 1. The van der Waals surface area contributed by atoms with Crippen LogP contribution in [0.5, 0.6) is 0 Å². The summed E-state index contributed by atoms with van der Waals surface area (Å²) in [6, 6.07) is 15.5. The number of amides is 1. The minimum absolute atomic E-state index is 0.223. The van der Waals surface area contributed by atoms with Crippen molar-refractivity contribution >= 4 is 44.5 Å². The number of anilines is 3. The van der Waals surface area contributed by atoms with Crippen molar-refractivity contribution in [2.75, 3.05) is 10.6 Å². The Hall–Kier alpha value is -3.10. The molecule has 134 valence electrons. The molecule has 4 rings (SSSR count). The molecule has 1 amide bonds. The molecule has 2 aromatic heterocycles. The Morgan fingerprint density at radius 2 is 1.89 bits per heavy atom. The average molecular weight is 393 g/mol. The molecule has 0 saturated heterocycles. The number of carbonyl (C=O) groups excluding carboxylic acids is 1. The molecule has 0 bridgehead atoms. The quantitative estimate of drug-likeness (QED) is 0.501. The first-order valence-electron chi connectivity index (χ1n) is 8.15. The highest BCUT2D eigenvalue weighted by molar-refractivity contribution is 7.14. The van der Waals surface area contributed by atoms with Gasteiger partial charge in [-0.1, -0.05) is 47.7 Å². The first-order chi connectivity index (χ1) is 13.2. The second kappa shape index (κ2) is 7.65. The highest BCUT2D eigenvalue weighted by Crippen LogP contribution is 2.28. The maximum Gasteiger partial charge on any atom is 0.257 e. The second-order valence-electron chi connectivity index (χ2n) is 5.76. The van der Waals surface area contributed by atoms with Crippen LogP contribution in [0.25, 0.3) is 11.3 Å². The predicted octanol–water partition coefficient (Wildman–Crippen LogP) is 4.97. The minimum atomic E-state index is -0.223. The van der Waals surface area contributed by atoms with E-state index in [1.807, 2.05) is 54.8 Å². The molecule has 8 heteroatoms. The largest absolute Gasteiger partial charge is 0.331 e. The van der Waals surface area contributed by atoms with Crippen LogP contribution in [0.1, 0.15) is 15.9 Å². The summed E-state index contributed by atoms with van der Waals surface area (Å²) in [5.74, 6) is -0.223. The second-order valence-corrected chi connectivity index (χ2v) is 7.45. The van der Waals surface area contributed by atoms with Gasteiger partial charge in [-0.05, 0) is 24.6 Å². The molecule has 2 aromatic carbocycles. The average Bonchev–Trinajstić information content (AvgIpc) is 3.36. The van der Waals surface area contributed by atoms with Crippen LogP contribution in [0.3, 0.4) is 0 Å². The van der Waals surface area contributed by atoms with Gasteiger partial charge in [-0.25, -0.2) is 4.98 Å². The number of thiazole rings is 1. The molecule has 27 heavy (non-hydrogen) atoms. The van der Waals surface area contributed by atoms with Gasteiger partial charge in [0.15, 0.2) is 5.13 Å². The fourth-order valence-corrected chi connectivity index (χ4v) is 3.65. The van der Waals surface area contributed by atoms with Crippen LogP contribution in [0.4, 0.5) is 16.0 Å². The van der Waals surface area contributed by atoms with E-state index >= 15 is 0 Å². The number of hydrogen-bond donors (Lipinski definition) is 2. The van der Waals surface area contributed by atoms with Gasteiger partial charge < -0.3 is 5.32 Å². The van der Waals surface area contributed by atoms with Gasteiger partial charge in [0, 0.05) is 22.2 Å². The van der Waals surface area contributed by atoms with E-state index in [-0.39, 0.29) is 5.91 Å². The topological polar surface area (TPSA) is 79.8 Å². The molecular formula is C19H15N5OS2. The van der Waals surface area contributed by atoms with E-state index in [4.69, 9.17) is 0 Å². The molecule has 0 atom stereocenters. The third-order valence-corrected chi connectivity index (χ3v) is 5.26. The Morgan fingerprint density at radius 1 is 1.04 bits per heavy atom. The van der Waals surface area contributed by atoms with E-state index in [9.17, 15) is 4.79 Å². The number of benzene rings is 2. The summed E-state index contributed by atoms with van der Waals surface area (Å²) in [7, 11) is 0. The number of carbonyl (C=O) groups is 1. The molecule has 6 nitrogen and oxygen atoms in total. The highest BCUT2D eigenvalue weighted by Gasteiger charge is 2.11. The zero-order valence-electron chi connectivity index (χ0n) is 14.3. The molecule has 0 spiro atoms. The van der Waals surface area contributed by atoms with Gasteiger partial charge in [0.25, 0.3) is 5.91 Å². The lowest BCUT2D eigenvalue weighted by atomic mass is 10.1. The lowest BCUT2D eigenvalue weighted by Crippen LogP contribution is -2.12. The summed E-state index contributed by atoms with van der Waals surface area (Å²) in [5, 5.41) is 16.9. The van der Waals surface area contributed by atoms with Crippen LogP contribution < -0.4 is 10.6 Å². The number of rotatable bonds is 5. The van der Waals surface area contributed by atoms with E-state index in [0.29, 0.717) is 10.7 Å². The summed E-state index contributed by atoms with van der Waals surface area (Å²) < 4.78 is 0. The molecule has 0 aliphatic heterocycles. The van der Waals surface area contributed by atoms with Crippen LogP contribution in [-0.4, -0.2) is 21.1 Å². The Bertz CT molecular complexity index is 1060. The monoisotopic (exact) mass is 393 g/mol. The molecule has 0 saturated carbocycles. The van der Waals surface area contributed by atoms with Crippen LogP contribution in [0, 0.1) is 6.92 Å². The van der Waals surface area contributed by atoms with Crippen molar-refractivity contribution in [3.8, 4) is 11.3 Å². The van der Waals surface area contributed by atoms with E-state index in [1.165, 1.54) is 22.7 Å². The minimum Gasteiger partial charge on any atom is -0.331 e.